The number of hydrogen-bond donors (Lipinski definition) is 3. The van der Waals surface area contributed by atoms with Gasteiger partial charge in [0.15, 0.2) is 0 Å². The molecule has 2 rings (SSSR count). The maximum absolute atomic E-state index is 12.5. The number of unbranched alkanes of at least 4 members (excludes halogenated alkanes) is 1. The number of nitriles is 1. The number of phenolic OH excluding ortho intramolecular Hbond substituents is 1. The molecule has 0 saturated carbocycles. The molecule has 0 saturated heterocycles. The molecule has 0 aliphatic carbocycles. The van der Waals surface area contributed by atoms with Crippen LogP contribution in [0, 0.1) is 11.3 Å². The Kier molecular flexibility index (Phi) is 8.94. The van der Waals surface area contributed by atoms with Crippen molar-refractivity contribution in [1.82, 2.24) is 5.32 Å². The van der Waals surface area contributed by atoms with Crippen molar-refractivity contribution in [2.75, 3.05) is 18.5 Å². The number of benzene rings is 2. The third kappa shape index (κ3) is 6.99. The highest BCUT2D eigenvalue weighted by Crippen LogP contribution is 2.17. The van der Waals surface area contributed by atoms with Gasteiger partial charge >= 0.3 is 5.97 Å². The summed E-state index contributed by atoms with van der Waals surface area (Å²) in [6.45, 7) is 2.81. The molecule has 0 spiro atoms. The van der Waals surface area contributed by atoms with Gasteiger partial charge in [-0.2, -0.15) is 5.26 Å². The van der Waals surface area contributed by atoms with Crippen molar-refractivity contribution in [3.05, 3.63) is 71.4 Å². The topological polar surface area (TPSA) is 111 Å². The van der Waals surface area contributed by atoms with Crippen LogP contribution in [0.1, 0.15) is 35.7 Å². The smallest absolute Gasteiger partial charge is 0.340 e. The maximum Gasteiger partial charge on any atom is 0.340 e. The average molecular weight is 407 g/mol. The Morgan fingerprint density at radius 3 is 2.60 bits per heavy atom. The number of hydrogen-bond acceptors (Lipinski definition) is 6. The number of phenols is 1. The van der Waals surface area contributed by atoms with E-state index in [1.54, 1.807) is 48.5 Å². The van der Waals surface area contributed by atoms with E-state index in [0.29, 0.717) is 19.6 Å². The van der Waals surface area contributed by atoms with E-state index in [2.05, 4.69) is 10.6 Å². The van der Waals surface area contributed by atoms with Crippen LogP contribution in [0.5, 0.6) is 5.75 Å². The predicted octanol–water partition coefficient (Wildman–Crippen LogP) is 3.53. The number of anilines is 1. The quantitative estimate of drug-likeness (QED) is 0.240. The number of ether oxygens (including phenoxy) is 1. The molecule has 0 unspecified atom stereocenters. The Labute approximate surface area is 176 Å². The second-order valence-corrected chi connectivity index (χ2v) is 6.53. The zero-order chi connectivity index (χ0) is 21.8. The van der Waals surface area contributed by atoms with Crippen LogP contribution in [0.15, 0.2) is 60.3 Å². The van der Waals surface area contributed by atoms with Gasteiger partial charge in [0.2, 0.25) is 0 Å². The fraction of sp³-hybridized carbons (Fsp3) is 0.261. The zero-order valence-electron chi connectivity index (χ0n) is 16.9. The number of aromatic hydroxyl groups is 1. The van der Waals surface area contributed by atoms with E-state index in [-0.39, 0.29) is 22.6 Å². The Morgan fingerprint density at radius 1 is 1.17 bits per heavy atom. The number of nitrogens with one attached hydrogen (secondary N) is 2. The lowest BCUT2D eigenvalue weighted by Crippen LogP contribution is -2.19. The molecule has 0 radical (unpaired) electrons. The van der Waals surface area contributed by atoms with Crippen molar-refractivity contribution >= 4 is 17.6 Å². The number of amides is 1. The van der Waals surface area contributed by atoms with Gasteiger partial charge in [-0.3, -0.25) is 4.79 Å². The molecule has 0 aromatic heterocycles. The summed E-state index contributed by atoms with van der Waals surface area (Å²) in [5, 5.41) is 24.1. The second-order valence-electron chi connectivity index (χ2n) is 6.53. The summed E-state index contributed by atoms with van der Waals surface area (Å²) in [7, 11) is 0. The molecule has 156 valence electrons. The first-order chi connectivity index (χ1) is 14.5. The Hall–Kier alpha value is -3.79. The molecule has 7 heteroatoms. The minimum Gasteiger partial charge on any atom is -0.508 e. The van der Waals surface area contributed by atoms with E-state index in [1.807, 2.05) is 13.0 Å². The molecule has 0 aliphatic rings. The molecule has 0 aliphatic heterocycles. The first-order valence-corrected chi connectivity index (χ1v) is 9.74. The number of para-hydroxylation sites is 1. The average Bonchev–Trinajstić information content (AvgIpc) is 2.75. The first-order valence-electron chi connectivity index (χ1n) is 9.74. The lowest BCUT2D eigenvalue weighted by Gasteiger charge is -2.10. The van der Waals surface area contributed by atoms with Gasteiger partial charge in [-0.1, -0.05) is 37.6 Å². The molecule has 2 aromatic carbocycles. The fourth-order valence-electron chi connectivity index (χ4n) is 2.55. The van der Waals surface area contributed by atoms with Crippen LogP contribution in [0.3, 0.4) is 0 Å². The van der Waals surface area contributed by atoms with Gasteiger partial charge in [0.05, 0.1) is 17.9 Å². The molecule has 3 N–H and O–H groups in total. The molecule has 0 heterocycles. The first kappa shape index (κ1) is 22.5. The van der Waals surface area contributed by atoms with Crippen LogP contribution in [0.4, 0.5) is 5.69 Å². The zero-order valence-corrected chi connectivity index (χ0v) is 16.9. The Bertz CT molecular complexity index is 930. The van der Waals surface area contributed by atoms with Crippen LogP contribution in [-0.2, 0) is 16.0 Å². The highest BCUT2D eigenvalue weighted by Gasteiger charge is 2.16. The van der Waals surface area contributed by atoms with Crippen LogP contribution in [0.25, 0.3) is 0 Å². The molecule has 0 atom stereocenters. The lowest BCUT2D eigenvalue weighted by atomic mass is 10.1. The SMILES string of the molecule is CCCCOC(=O)c1ccccc1NC(=O)/C(C#N)=C\NCCc1ccc(O)cc1. The van der Waals surface area contributed by atoms with Gasteiger partial charge in [-0.05, 0) is 42.7 Å². The van der Waals surface area contributed by atoms with Crippen molar-refractivity contribution < 1.29 is 19.4 Å². The monoisotopic (exact) mass is 407 g/mol. The van der Waals surface area contributed by atoms with Crippen LogP contribution in [-0.4, -0.2) is 30.1 Å². The summed E-state index contributed by atoms with van der Waals surface area (Å²) in [5.74, 6) is -0.943. The lowest BCUT2D eigenvalue weighted by molar-refractivity contribution is -0.112. The van der Waals surface area contributed by atoms with Gasteiger partial charge in [0.25, 0.3) is 5.91 Å². The Balaban J connectivity index is 1.96. The molecule has 2 aromatic rings. The summed E-state index contributed by atoms with van der Waals surface area (Å²) in [6.07, 6.45) is 3.67. The third-order valence-corrected chi connectivity index (χ3v) is 4.23. The highest BCUT2D eigenvalue weighted by molar-refractivity contribution is 6.09. The number of nitrogens with zero attached hydrogens (tertiary/aromatic N) is 1. The standard InChI is InChI=1S/C23H25N3O4/c1-2-3-14-30-23(29)20-6-4-5-7-21(20)26-22(28)18(15-24)16-25-13-12-17-8-10-19(27)11-9-17/h4-11,16,25,27H,2-3,12-14H2,1H3,(H,26,28)/b18-16-. The molecular formula is C23H25N3O4. The molecule has 1 amide bonds. The van der Waals surface area contributed by atoms with Gasteiger partial charge < -0.3 is 20.5 Å². The number of carbonyl (C=O) groups is 2. The van der Waals surface area contributed by atoms with Crippen molar-refractivity contribution in [2.45, 2.75) is 26.2 Å². The fourth-order valence-corrected chi connectivity index (χ4v) is 2.55. The highest BCUT2D eigenvalue weighted by atomic mass is 16.5. The van der Waals surface area contributed by atoms with Crippen LogP contribution >= 0.6 is 0 Å². The van der Waals surface area contributed by atoms with E-state index in [0.717, 1.165) is 18.4 Å². The molecule has 7 nitrogen and oxygen atoms in total. The summed E-state index contributed by atoms with van der Waals surface area (Å²) in [6, 6.07) is 15.2. The van der Waals surface area contributed by atoms with Crippen molar-refractivity contribution in [1.29, 1.82) is 5.26 Å². The van der Waals surface area contributed by atoms with Gasteiger partial charge in [0.1, 0.15) is 17.4 Å². The molecule has 0 fully saturated rings. The minimum absolute atomic E-state index is 0.116. The van der Waals surface area contributed by atoms with Crippen molar-refractivity contribution in [3.63, 3.8) is 0 Å². The summed E-state index contributed by atoms with van der Waals surface area (Å²) in [5.41, 5.74) is 1.41. The minimum atomic E-state index is -0.622. The van der Waals surface area contributed by atoms with E-state index >= 15 is 0 Å². The number of carbonyl (C=O) groups excluding carboxylic acids is 2. The van der Waals surface area contributed by atoms with Crippen LogP contribution in [0.2, 0.25) is 0 Å². The van der Waals surface area contributed by atoms with Crippen LogP contribution < -0.4 is 10.6 Å². The summed E-state index contributed by atoms with van der Waals surface area (Å²) >= 11 is 0. The second kappa shape index (κ2) is 11.9. The predicted molar refractivity (Wildman–Crippen MR) is 114 cm³/mol. The van der Waals surface area contributed by atoms with Crippen molar-refractivity contribution in [3.8, 4) is 11.8 Å². The number of rotatable bonds is 10. The molecule has 30 heavy (non-hydrogen) atoms. The van der Waals surface area contributed by atoms with Crippen molar-refractivity contribution in [2.24, 2.45) is 0 Å². The summed E-state index contributed by atoms with van der Waals surface area (Å²) in [4.78, 5) is 24.7. The maximum atomic E-state index is 12.5. The number of esters is 1. The van der Waals surface area contributed by atoms with Gasteiger partial charge in [0, 0.05) is 12.7 Å². The third-order valence-electron chi connectivity index (χ3n) is 4.23. The Morgan fingerprint density at radius 2 is 1.90 bits per heavy atom. The van der Waals surface area contributed by atoms with E-state index in [4.69, 9.17) is 4.74 Å². The van der Waals surface area contributed by atoms with Gasteiger partial charge in [-0.25, -0.2) is 4.79 Å². The normalized spacial score (nSPS) is 10.7. The van der Waals surface area contributed by atoms with E-state index in [1.165, 1.54) is 6.20 Å². The largest absolute Gasteiger partial charge is 0.508 e. The van der Waals surface area contributed by atoms with E-state index < -0.39 is 11.9 Å². The van der Waals surface area contributed by atoms with Gasteiger partial charge in [-0.15, -0.1) is 0 Å². The summed E-state index contributed by atoms with van der Waals surface area (Å²) < 4.78 is 5.21. The van der Waals surface area contributed by atoms with E-state index in [9.17, 15) is 20.0 Å². The molecule has 0 bridgehead atoms. The molecular weight excluding hydrogens is 382 g/mol.